The maximum absolute atomic E-state index is 13.1. The Morgan fingerprint density at radius 2 is 1.78 bits per heavy atom. The van der Waals surface area contributed by atoms with E-state index in [1.165, 1.54) is 12.1 Å². The molecule has 0 unspecified atom stereocenters. The first kappa shape index (κ1) is 25.9. The van der Waals surface area contributed by atoms with Gasteiger partial charge < -0.3 is 20.4 Å². The van der Waals surface area contributed by atoms with Gasteiger partial charge in [-0.05, 0) is 38.1 Å². The molecule has 8 nitrogen and oxygen atoms in total. The SMILES string of the molecule is CN=C(NCCC(=O)N1CCN(c2ccc(F)cc2)CC1)NCc1c(C)nn(C)c1C.I. The maximum atomic E-state index is 13.1. The first-order valence-electron chi connectivity index (χ1n) is 10.6. The van der Waals surface area contributed by atoms with Crippen LogP contribution in [0.15, 0.2) is 29.3 Å². The predicted molar refractivity (Wildman–Crippen MR) is 136 cm³/mol. The summed E-state index contributed by atoms with van der Waals surface area (Å²) in [4.78, 5) is 20.9. The molecule has 32 heavy (non-hydrogen) atoms. The number of rotatable bonds is 6. The van der Waals surface area contributed by atoms with E-state index in [4.69, 9.17) is 0 Å². The van der Waals surface area contributed by atoms with E-state index in [0.717, 1.165) is 35.7 Å². The van der Waals surface area contributed by atoms with Crippen LogP contribution in [0, 0.1) is 19.7 Å². The lowest BCUT2D eigenvalue weighted by Crippen LogP contribution is -2.49. The molecule has 1 aromatic carbocycles. The van der Waals surface area contributed by atoms with E-state index >= 15 is 0 Å². The van der Waals surface area contributed by atoms with Gasteiger partial charge >= 0.3 is 0 Å². The lowest BCUT2D eigenvalue weighted by atomic mass is 10.2. The van der Waals surface area contributed by atoms with Crippen molar-refractivity contribution in [1.29, 1.82) is 0 Å². The number of aryl methyl sites for hydroxylation is 2. The summed E-state index contributed by atoms with van der Waals surface area (Å²) in [5, 5.41) is 10.9. The Morgan fingerprint density at radius 1 is 1.12 bits per heavy atom. The molecule has 0 bridgehead atoms. The molecule has 1 aromatic heterocycles. The molecular weight excluding hydrogens is 524 g/mol. The van der Waals surface area contributed by atoms with Crippen molar-refractivity contribution in [2.24, 2.45) is 12.0 Å². The number of piperazine rings is 1. The Hall–Kier alpha value is -2.37. The normalized spacial score (nSPS) is 14.2. The highest BCUT2D eigenvalue weighted by Gasteiger charge is 2.21. The minimum Gasteiger partial charge on any atom is -0.368 e. The van der Waals surface area contributed by atoms with Crippen LogP contribution in [-0.2, 0) is 18.4 Å². The van der Waals surface area contributed by atoms with Crippen molar-refractivity contribution in [2.75, 3.05) is 44.7 Å². The Morgan fingerprint density at radius 3 is 2.34 bits per heavy atom. The standard InChI is InChI=1S/C22H32FN7O.HI/c1-16-20(17(2)28(4)27-16)15-26-22(24-3)25-10-9-21(31)30-13-11-29(12-14-30)19-7-5-18(23)6-8-19;/h5-8H,9-15H2,1-4H3,(H2,24,25,26);1H. The topological polar surface area (TPSA) is 77.8 Å². The number of amides is 1. The molecular formula is C22H33FIN7O. The van der Waals surface area contributed by atoms with E-state index in [1.54, 1.807) is 19.2 Å². The van der Waals surface area contributed by atoms with Crippen LogP contribution in [0.5, 0.6) is 0 Å². The Labute approximate surface area is 206 Å². The summed E-state index contributed by atoms with van der Waals surface area (Å²) in [6.07, 6.45) is 0.405. The second-order valence-corrected chi connectivity index (χ2v) is 7.72. The van der Waals surface area contributed by atoms with E-state index in [-0.39, 0.29) is 35.7 Å². The van der Waals surface area contributed by atoms with Crippen molar-refractivity contribution >= 4 is 41.5 Å². The van der Waals surface area contributed by atoms with Gasteiger partial charge in [0, 0.05) is 76.7 Å². The van der Waals surface area contributed by atoms with E-state index in [0.29, 0.717) is 38.6 Å². The quantitative estimate of drug-likeness (QED) is 0.324. The number of anilines is 1. The molecule has 1 aliphatic rings. The Bertz CT molecular complexity index is 921. The third kappa shape index (κ3) is 6.57. The van der Waals surface area contributed by atoms with Crippen molar-refractivity contribution in [3.8, 4) is 0 Å². The average molecular weight is 557 g/mol. The van der Waals surface area contributed by atoms with Gasteiger partial charge in [-0.25, -0.2) is 4.39 Å². The molecule has 2 heterocycles. The van der Waals surface area contributed by atoms with E-state index < -0.39 is 0 Å². The number of benzene rings is 1. The third-order valence-corrected chi connectivity index (χ3v) is 5.77. The fraction of sp³-hybridized carbons (Fsp3) is 0.500. The van der Waals surface area contributed by atoms with Gasteiger partial charge in [0.15, 0.2) is 5.96 Å². The highest BCUT2D eigenvalue weighted by molar-refractivity contribution is 14.0. The van der Waals surface area contributed by atoms with Crippen molar-refractivity contribution in [1.82, 2.24) is 25.3 Å². The average Bonchev–Trinajstić information content (AvgIpc) is 3.02. The van der Waals surface area contributed by atoms with Crippen molar-refractivity contribution in [3.63, 3.8) is 0 Å². The van der Waals surface area contributed by atoms with Crippen LogP contribution < -0.4 is 15.5 Å². The van der Waals surface area contributed by atoms with E-state index in [1.807, 2.05) is 30.5 Å². The fourth-order valence-electron chi connectivity index (χ4n) is 3.78. The van der Waals surface area contributed by atoms with Crippen molar-refractivity contribution in [3.05, 3.63) is 47.0 Å². The molecule has 0 radical (unpaired) electrons. The van der Waals surface area contributed by atoms with Crippen LogP contribution in [0.4, 0.5) is 10.1 Å². The summed E-state index contributed by atoms with van der Waals surface area (Å²) in [6, 6.07) is 6.50. The Kier molecular flexibility index (Phi) is 9.73. The highest BCUT2D eigenvalue weighted by Crippen LogP contribution is 2.17. The van der Waals surface area contributed by atoms with Gasteiger partial charge in [-0.1, -0.05) is 0 Å². The minimum absolute atomic E-state index is 0. The molecule has 2 aromatic rings. The summed E-state index contributed by atoms with van der Waals surface area (Å²) in [7, 11) is 3.65. The molecule has 0 spiro atoms. The van der Waals surface area contributed by atoms with Gasteiger partial charge in [0.25, 0.3) is 0 Å². The number of nitrogens with one attached hydrogen (secondary N) is 2. The minimum atomic E-state index is -0.236. The number of aromatic nitrogens is 2. The molecule has 0 saturated carbocycles. The van der Waals surface area contributed by atoms with Gasteiger partial charge in [-0.3, -0.25) is 14.5 Å². The molecule has 0 aliphatic carbocycles. The first-order chi connectivity index (χ1) is 14.9. The van der Waals surface area contributed by atoms with Crippen molar-refractivity contribution in [2.45, 2.75) is 26.8 Å². The summed E-state index contributed by atoms with van der Waals surface area (Å²) < 4.78 is 15.0. The molecule has 10 heteroatoms. The molecule has 1 aliphatic heterocycles. The van der Waals surface area contributed by atoms with Gasteiger partial charge in [-0.2, -0.15) is 5.10 Å². The number of guanidine groups is 1. The van der Waals surface area contributed by atoms with E-state index in [9.17, 15) is 9.18 Å². The first-order valence-corrected chi connectivity index (χ1v) is 10.6. The maximum Gasteiger partial charge on any atom is 0.224 e. The van der Waals surface area contributed by atoms with Gasteiger partial charge in [0.1, 0.15) is 5.82 Å². The number of aliphatic imine (C=N–C) groups is 1. The number of hydrogen-bond donors (Lipinski definition) is 2. The number of carbonyl (C=O) groups is 1. The van der Waals surface area contributed by atoms with Crippen LogP contribution in [0.3, 0.4) is 0 Å². The largest absolute Gasteiger partial charge is 0.368 e. The number of nitrogens with zero attached hydrogens (tertiary/aromatic N) is 5. The predicted octanol–water partition coefficient (Wildman–Crippen LogP) is 2.20. The molecule has 1 amide bonds. The number of carbonyl (C=O) groups excluding carboxylic acids is 1. The molecule has 1 fully saturated rings. The zero-order valence-corrected chi connectivity index (χ0v) is 21.5. The highest BCUT2D eigenvalue weighted by atomic mass is 127. The van der Waals surface area contributed by atoms with E-state index in [2.05, 4.69) is 25.6 Å². The lowest BCUT2D eigenvalue weighted by molar-refractivity contribution is -0.131. The summed E-state index contributed by atoms with van der Waals surface area (Å²) in [6.45, 7) is 8.02. The summed E-state index contributed by atoms with van der Waals surface area (Å²) >= 11 is 0. The number of hydrogen-bond acceptors (Lipinski definition) is 4. The monoisotopic (exact) mass is 557 g/mol. The summed E-state index contributed by atoms with van der Waals surface area (Å²) in [5.74, 6) is 0.553. The van der Waals surface area contributed by atoms with Crippen molar-refractivity contribution < 1.29 is 9.18 Å². The summed E-state index contributed by atoms with van der Waals surface area (Å²) in [5.41, 5.74) is 4.26. The lowest BCUT2D eigenvalue weighted by Gasteiger charge is -2.36. The molecule has 176 valence electrons. The Balaban J connectivity index is 0.00000363. The number of halogens is 2. The van der Waals surface area contributed by atoms with Crippen LogP contribution in [0.25, 0.3) is 0 Å². The second-order valence-electron chi connectivity index (χ2n) is 7.72. The molecule has 0 atom stereocenters. The molecule has 3 rings (SSSR count). The van der Waals surface area contributed by atoms with Crippen LogP contribution in [0.1, 0.15) is 23.4 Å². The molecule has 1 saturated heterocycles. The van der Waals surface area contributed by atoms with Gasteiger partial charge in [-0.15, -0.1) is 24.0 Å². The van der Waals surface area contributed by atoms with Gasteiger partial charge in [0.05, 0.1) is 5.69 Å². The second kappa shape index (κ2) is 12.0. The third-order valence-electron chi connectivity index (χ3n) is 5.77. The van der Waals surface area contributed by atoms with Crippen LogP contribution in [0.2, 0.25) is 0 Å². The molecule has 2 N–H and O–H groups in total. The zero-order valence-electron chi connectivity index (χ0n) is 19.2. The van der Waals surface area contributed by atoms with Gasteiger partial charge in [0.2, 0.25) is 5.91 Å². The van der Waals surface area contributed by atoms with Crippen LogP contribution >= 0.6 is 24.0 Å². The zero-order chi connectivity index (χ0) is 22.4. The smallest absolute Gasteiger partial charge is 0.224 e. The fourth-order valence-corrected chi connectivity index (χ4v) is 3.78. The van der Waals surface area contributed by atoms with Crippen LogP contribution in [-0.4, -0.2) is 66.3 Å².